The van der Waals surface area contributed by atoms with Crippen LogP contribution in [-0.4, -0.2) is 20.2 Å². The molecule has 0 fully saturated rings. The second-order valence-electron chi connectivity index (χ2n) is 5.29. The van der Waals surface area contributed by atoms with Gasteiger partial charge in [-0.15, -0.1) is 0 Å². The lowest BCUT2D eigenvalue weighted by Gasteiger charge is -2.06. The summed E-state index contributed by atoms with van der Waals surface area (Å²) in [5.41, 5.74) is 6.23. The van der Waals surface area contributed by atoms with Crippen molar-refractivity contribution < 1.29 is 18.0 Å². The number of hydrogen-bond acceptors (Lipinski definition) is 6. The topological polar surface area (TPSA) is 168 Å². The quantitative estimate of drug-likeness (QED) is 0.335. The number of anilines is 2. The molecular weight excluding hydrogens is 370 g/mol. The van der Waals surface area contributed by atoms with Crippen molar-refractivity contribution in [2.75, 3.05) is 11.1 Å². The summed E-state index contributed by atoms with van der Waals surface area (Å²) in [6.45, 7) is 0. The summed E-state index contributed by atoms with van der Waals surface area (Å²) in [4.78, 5) is 24.0. The van der Waals surface area contributed by atoms with Gasteiger partial charge < -0.3 is 16.4 Å². The third-order valence-corrected chi connectivity index (χ3v) is 4.26. The summed E-state index contributed by atoms with van der Waals surface area (Å²) in [5.74, 6) is -1.30. The lowest BCUT2D eigenvalue weighted by atomic mass is 10.2. The van der Waals surface area contributed by atoms with E-state index >= 15 is 0 Å². The molecule has 9 nitrogen and oxygen atoms in total. The van der Waals surface area contributed by atoms with Crippen LogP contribution in [0.4, 0.5) is 11.4 Å². The number of rotatable bonds is 5. The standard InChI is InChI=1S/C17H15N5O4S/c18-9-12(10-21-16(23)11-1-3-13(19)4-2-11)17(24)22-14-5-7-15(8-6-14)27(20,25)26/h1-8,10H,19H2,(H,21,23)(H,22,24)(H2,20,25,26)/b12-10-. The Bertz CT molecular complexity index is 1040. The molecule has 2 aromatic rings. The molecule has 0 atom stereocenters. The predicted octanol–water partition coefficient (Wildman–Crippen LogP) is 0.692. The van der Waals surface area contributed by atoms with Gasteiger partial charge in [0.05, 0.1) is 4.90 Å². The molecule has 2 amide bonds. The van der Waals surface area contributed by atoms with E-state index in [1.165, 1.54) is 36.4 Å². The number of carbonyl (C=O) groups excluding carboxylic acids is 2. The summed E-state index contributed by atoms with van der Waals surface area (Å²) in [7, 11) is -3.85. The number of carbonyl (C=O) groups is 2. The number of sulfonamides is 1. The minimum Gasteiger partial charge on any atom is -0.399 e. The third kappa shape index (κ3) is 5.40. The van der Waals surface area contributed by atoms with E-state index in [9.17, 15) is 18.0 Å². The van der Waals surface area contributed by atoms with E-state index in [2.05, 4.69) is 10.6 Å². The van der Waals surface area contributed by atoms with Gasteiger partial charge in [-0.2, -0.15) is 5.26 Å². The SMILES string of the molecule is N#C/C(=C/NC(=O)c1ccc(N)cc1)C(=O)Nc1ccc(S(N)(=O)=O)cc1. The Hall–Kier alpha value is -3.68. The smallest absolute Gasteiger partial charge is 0.267 e. The van der Waals surface area contributed by atoms with E-state index in [1.807, 2.05) is 0 Å². The van der Waals surface area contributed by atoms with Gasteiger partial charge >= 0.3 is 0 Å². The fourth-order valence-corrected chi connectivity index (χ4v) is 2.45. The Labute approximate surface area is 155 Å². The Balaban J connectivity index is 2.06. The molecule has 6 N–H and O–H groups in total. The molecule has 0 aliphatic carbocycles. The van der Waals surface area contributed by atoms with Crippen molar-refractivity contribution in [3.05, 3.63) is 65.9 Å². The van der Waals surface area contributed by atoms with Crippen LogP contribution in [0.1, 0.15) is 10.4 Å². The molecule has 0 heterocycles. The van der Waals surface area contributed by atoms with Gasteiger partial charge in [0.1, 0.15) is 11.6 Å². The van der Waals surface area contributed by atoms with Gasteiger partial charge in [-0.1, -0.05) is 0 Å². The molecule has 0 bridgehead atoms. The first kappa shape index (κ1) is 19.6. The second-order valence-corrected chi connectivity index (χ2v) is 6.85. The van der Waals surface area contributed by atoms with Crippen molar-refractivity contribution in [2.45, 2.75) is 4.90 Å². The van der Waals surface area contributed by atoms with Crippen LogP contribution >= 0.6 is 0 Å². The molecule has 2 aromatic carbocycles. The molecule has 0 saturated carbocycles. The number of nitrogens with two attached hydrogens (primary N) is 2. The number of hydrogen-bond donors (Lipinski definition) is 4. The summed E-state index contributed by atoms with van der Waals surface area (Å²) in [5, 5.41) is 18.8. The monoisotopic (exact) mass is 385 g/mol. The highest BCUT2D eigenvalue weighted by molar-refractivity contribution is 7.89. The van der Waals surface area contributed by atoms with E-state index in [4.69, 9.17) is 16.1 Å². The summed E-state index contributed by atoms with van der Waals surface area (Å²) in [6.07, 6.45) is 0.979. The number of nitrogens with one attached hydrogen (secondary N) is 2. The van der Waals surface area contributed by atoms with Gasteiger partial charge in [0.15, 0.2) is 0 Å². The molecule has 0 radical (unpaired) electrons. The molecule has 0 aromatic heterocycles. The zero-order chi connectivity index (χ0) is 20.0. The van der Waals surface area contributed by atoms with Crippen molar-refractivity contribution in [3.63, 3.8) is 0 Å². The van der Waals surface area contributed by atoms with Crippen molar-refractivity contribution in [1.82, 2.24) is 5.32 Å². The van der Waals surface area contributed by atoms with Gasteiger partial charge in [-0.3, -0.25) is 9.59 Å². The largest absolute Gasteiger partial charge is 0.399 e. The van der Waals surface area contributed by atoms with E-state index in [1.54, 1.807) is 18.2 Å². The van der Waals surface area contributed by atoms with E-state index in [-0.39, 0.29) is 16.2 Å². The number of amides is 2. The van der Waals surface area contributed by atoms with E-state index in [0.717, 1.165) is 6.20 Å². The van der Waals surface area contributed by atoms with Crippen LogP contribution in [0, 0.1) is 11.3 Å². The van der Waals surface area contributed by atoms with Gasteiger partial charge in [-0.25, -0.2) is 13.6 Å². The van der Waals surface area contributed by atoms with Gasteiger partial charge in [0, 0.05) is 23.1 Å². The van der Waals surface area contributed by atoms with E-state index in [0.29, 0.717) is 11.3 Å². The lowest BCUT2D eigenvalue weighted by molar-refractivity contribution is -0.112. The fourth-order valence-electron chi connectivity index (χ4n) is 1.93. The number of benzene rings is 2. The molecule has 0 spiro atoms. The average Bonchev–Trinajstić information content (AvgIpc) is 2.62. The Morgan fingerprint density at radius 2 is 1.63 bits per heavy atom. The first-order valence-corrected chi connectivity index (χ1v) is 8.96. The highest BCUT2D eigenvalue weighted by atomic mass is 32.2. The van der Waals surface area contributed by atoms with Crippen molar-refractivity contribution in [2.24, 2.45) is 5.14 Å². The molecule has 138 valence electrons. The molecule has 27 heavy (non-hydrogen) atoms. The van der Waals surface area contributed by atoms with Crippen LogP contribution in [0.5, 0.6) is 0 Å². The van der Waals surface area contributed by atoms with Crippen LogP contribution in [0.25, 0.3) is 0 Å². The maximum atomic E-state index is 12.1. The van der Waals surface area contributed by atoms with Crippen LogP contribution in [-0.2, 0) is 14.8 Å². The minimum absolute atomic E-state index is 0.118. The Kier molecular flexibility index (Phi) is 5.92. The second kappa shape index (κ2) is 8.13. The molecular formula is C17H15N5O4S. The van der Waals surface area contributed by atoms with Crippen LogP contribution in [0.2, 0.25) is 0 Å². The first-order valence-electron chi connectivity index (χ1n) is 7.41. The Morgan fingerprint density at radius 1 is 1.04 bits per heavy atom. The molecule has 0 saturated heterocycles. The highest BCUT2D eigenvalue weighted by Gasteiger charge is 2.12. The van der Waals surface area contributed by atoms with E-state index < -0.39 is 21.8 Å². The summed E-state index contributed by atoms with van der Waals surface area (Å²) < 4.78 is 22.4. The number of nitrogens with zero attached hydrogens (tertiary/aromatic N) is 1. The van der Waals surface area contributed by atoms with Crippen molar-refractivity contribution in [3.8, 4) is 6.07 Å². The molecule has 2 rings (SSSR count). The molecule has 0 aliphatic heterocycles. The maximum absolute atomic E-state index is 12.1. The molecule has 0 unspecified atom stereocenters. The number of nitrogen functional groups attached to an aromatic ring is 1. The van der Waals surface area contributed by atoms with Crippen molar-refractivity contribution >= 4 is 33.2 Å². The third-order valence-electron chi connectivity index (χ3n) is 3.33. The highest BCUT2D eigenvalue weighted by Crippen LogP contribution is 2.13. The number of nitriles is 1. The van der Waals surface area contributed by atoms with Gasteiger partial charge in [0.25, 0.3) is 11.8 Å². The van der Waals surface area contributed by atoms with Crippen LogP contribution in [0.3, 0.4) is 0 Å². The maximum Gasteiger partial charge on any atom is 0.267 e. The Morgan fingerprint density at radius 3 is 2.15 bits per heavy atom. The first-order chi connectivity index (χ1) is 12.7. The summed E-state index contributed by atoms with van der Waals surface area (Å²) in [6, 6.07) is 12.8. The summed E-state index contributed by atoms with van der Waals surface area (Å²) >= 11 is 0. The zero-order valence-electron chi connectivity index (χ0n) is 13.8. The van der Waals surface area contributed by atoms with Gasteiger partial charge in [0.2, 0.25) is 10.0 Å². The van der Waals surface area contributed by atoms with Gasteiger partial charge in [-0.05, 0) is 48.5 Å². The predicted molar refractivity (Wildman–Crippen MR) is 98.5 cm³/mol. The lowest BCUT2D eigenvalue weighted by Crippen LogP contribution is -2.21. The normalized spacial score (nSPS) is 11.3. The minimum atomic E-state index is -3.85. The molecule has 0 aliphatic rings. The average molecular weight is 385 g/mol. The fraction of sp³-hybridized carbons (Fsp3) is 0. The molecule has 10 heteroatoms. The zero-order valence-corrected chi connectivity index (χ0v) is 14.7. The number of primary sulfonamides is 1. The van der Waals surface area contributed by atoms with Crippen LogP contribution < -0.4 is 21.5 Å². The van der Waals surface area contributed by atoms with Crippen molar-refractivity contribution in [1.29, 1.82) is 5.26 Å². The van der Waals surface area contributed by atoms with Crippen LogP contribution in [0.15, 0.2) is 65.2 Å².